The SMILES string of the molecule is C=CCNC(=O)c1ccccc1NC(=O)C(CC)N(c1ccc(Cl)cc1)S(C)(=O)=O. The van der Waals surface area contributed by atoms with E-state index in [2.05, 4.69) is 17.2 Å². The molecule has 2 rings (SSSR count). The van der Waals surface area contributed by atoms with Crippen LogP contribution in [-0.4, -0.2) is 39.1 Å². The highest BCUT2D eigenvalue weighted by Crippen LogP contribution is 2.25. The van der Waals surface area contributed by atoms with Crippen molar-refractivity contribution >= 4 is 44.8 Å². The first kappa shape index (κ1) is 23.4. The predicted octanol–water partition coefficient (Wildman–Crippen LogP) is 3.44. The van der Waals surface area contributed by atoms with Gasteiger partial charge in [0.1, 0.15) is 6.04 Å². The van der Waals surface area contributed by atoms with Crippen LogP contribution in [0.2, 0.25) is 5.02 Å². The molecule has 7 nitrogen and oxygen atoms in total. The van der Waals surface area contributed by atoms with E-state index in [1.165, 1.54) is 12.1 Å². The van der Waals surface area contributed by atoms with E-state index in [0.29, 0.717) is 10.7 Å². The fourth-order valence-electron chi connectivity index (χ4n) is 2.91. The van der Waals surface area contributed by atoms with Crippen LogP contribution in [0.4, 0.5) is 11.4 Å². The smallest absolute Gasteiger partial charge is 0.253 e. The lowest BCUT2D eigenvalue weighted by molar-refractivity contribution is -0.117. The summed E-state index contributed by atoms with van der Waals surface area (Å²) in [7, 11) is -3.78. The second kappa shape index (κ2) is 10.3. The molecule has 0 spiro atoms. The largest absolute Gasteiger partial charge is 0.349 e. The topological polar surface area (TPSA) is 95.6 Å². The summed E-state index contributed by atoms with van der Waals surface area (Å²) in [5.41, 5.74) is 0.868. The number of carbonyl (C=O) groups excluding carboxylic acids is 2. The van der Waals surface area contributed by atoms with E-state index in [1.807, 2.05) is 0 Å². The van der Waals surface area contributed by atoms with Crippen LogP contribution in [0.1, 0.15) is 23.7 Å². The molecule has 9 heteroatoms. The van der Waals surface area contributed by atoms with E-state index in [-0.39, 0.29) is 30.1 Å². The maximum absolute atomic E-state index is 13.1. The molecule has 1 unspecified atom stereocenters. The molecule has 0 radical (unpaired) electrons. The number of sulfonamides is 1. The Balaban J connectivity index is 2.37. The maximum atomic E-state index is 13.1. The summed E-state index contributed by atoms with van der Waals surface area (Å²) in [5, 5.41) is 5.80. The minimum absolute atomic E-state index is 0.215. The highest BCUT2D eigenvalue weighted by molar-refractivity contribution is 7.92. The number of hydrogen-bond acceptors (Lipinski definition) is 4. The number of carbonyl (C=O) groups is 2. The molecule has 0 aliphatic heterocycles. The third-order valence-corrected chi connectivity index (χ3v) is 5.68. The summed E-state index contributed by atoms with van der Waals surface area (Å²) >= 11 is 5.91. The molecular formula is C21H24ClN3O4S. The lowest BCUT2D eigenvalue weighted by Crippen LogP contribution is -2.47. The maximum Gasteiger partial charge on any atom is 0.253 e. The number of para-hydroxylation sites is 1. The number of amides is 2. The van der Waals surface area contributed by atoms with Gasteiger partial charge in [0.25, 0.3) is 5.91 Å². The summed E-state index contributed by atoms with van der Waals surface area (Å²) in [4.78, 5) is 25.4. The quantitative estimate of drug-likeness (QED) is 0.573. The Kier molecular flexibility index (Phi) is 8.02. The Bertz CT molecular complexity index is 1020. The van der Waals surface area contributed by atoms with Gasteiger partial charge in [-0.15, -0.1) is 6.58 Å². The van der Waals surface area contributed by atoms with Crippen LogP contribution in [0, 0.1) is 0 Å². The van der Waals surface area contributed by atoms with E-state index < -0.39 is 22.0 Å². The van der Waals surface area contributed by atoms with E-state index in [1.54, 1.807) is 49.4 Å². The molecule has 0 aromatic heterocycles. The van der Waals surface area contributed by atoms with Gasteiger partial charge < -0.3 is 10.6 Å². The van der Waals surface area contributed by atoms with Gasteiger partial charge in [0.05, 0.1) is 23.2 Å². The van der Waals surface area contributed by atoms with Crippen molar-refractivity contribution < 1.29 is 18.0 Å². The lowest BCUT2D eigenvalue weighted by atomic mass is 10.1. The first-order chi connectivity index (χ1) is 14.2. The van der Waals surface area contributed by atoms with Gasteiger partial charge in [-0.05, 0) is 42.8 Å². The van der Waals surface area contributed by atoms with Gasteiger partial charge in [-0.25, -0.2) is 8.42 Å². The van der Waals surface area contributed by atoms with Gasteiger partial charge in [0.2, 0.25) is 15.9 Å². The molecule has 0 saturated heterocycles. The zero-order chi connectivity index (χ0) is 22.3. The van der Waals surface area contributed by atoms with Gasteiger partial charge >= 0.3 is 0 Å². The molecule has 2 amide bonds. The van der Waals surface area contributed by atoms with E-state index in [4.69, 9.17) is 11.6 Å². The standard InChI is InChI=1S/C21H24ClN3O4S/c1-4-14-23-20(26)17-8-6-7-9-18(17)24-21(27)19(5-2)25(30(3,28)29)16-12-10-15(22)11-13-16/h4,6-13,19H,1,5,14H2,2-3H3,(H,23,26)(H,24,27). The van der Waals surface area contributed by atoms with Gasteiger partial charge in [-0.3, -0.25) is 13.9 Å². The Labute approximate surface area is 181 Å². The summed E-state index contributed by atoms with van der Waals surface area (Å²) in [6, 6.07) is 11.7. The molecule has 160 valence electrons. The van der Waals surface area contributed by atoms with Crippen molar-refractivity contribution in [2.75, 3.05) is 22.4 Å². The van der Waals surface area contributed by atoms with Crippen molar-refractivity contribution in [1.29, 1.82) is 0 Å². The summed E-state index contributed by atoms with van der Waals surface area (Å²) < 4.78 is 26.1. The Hall–Kier alpha value is -2.84. The third-order valence-electron chi connectivity index (χ3n) is 4.25. The zero-order valence-electron chi connectivity index (χ0n) is 16.8. The number of anilines is 2. The summed E-state index contributed by atoms with van der Waals surface area (Å²) in [5.74, 6) is -0.932. The highest BCUT2D eigenvalue weighted by Gasteiger charge is 2.32. The van der Waals surface area contributed by atoms with Crippen LogP contribution in [0.15, 0.2) is 61.2 Å². The average Bonchev–Trinajstić information content (AvgIpc) is 2.70. The fourth-order valence-corrected chi connectivity index (χ4v) is 4.25. The second-order valence-corrected chi connectivity index (χ2v) is 8.79. The lowest BCUT2D eigenvalue weighted by Gasteiger charge is -2.30. The van der Waals surface area contributed by atoms with Crippen LogP contribution in [-0.2, 0) is 14.8 Å². The van der Waals surface area contributed by atoms with Gasteiger partial charge in [0, 0.05) is 11.6 Å². The van der Waals surface area contributed by atoms with E-state index >= 15 is 0 Å². The molecule has 0 aliphatic rings. The summed E-state index contributed by atoms with van der Waals surface area (Å²) in [6.07, 6.45) is 2.79. The van der Waals surface area contributed by atoms with Crippen LogP contribution in [0.3, 0.4) is 0 Å². The van der Waals surface area contributed by atoms with Crippen molar-refractivity contribution in [2.24, 2.45) is 0 Å². The zero-order valence-corrected chi connectivity index (χ0v) is 18.3. The number of rotatable bonds is 9. The molecule has 0 fully saturated rings. The van der Waals surface area contributed by atoms with Crippen molar-refractivity contribution in [3.8, 4) is 0 Å². The van der Waals surface area contributed by atoms with Crippen LogP contribution < -0.4 is 14.9 Å². The highest BCUT2D eigenvalue weighted by atomic mass is 35.5. The normalized spacial score (nSPS) is 12.0. The molecule has 0 heterocycles. The number of halogens is 1. The first-order valence-electron chi connectivity index (χ1n) is 9.23. The predicted molar refractivity (Wildman–Crippen MR) is 120 cm³/mol. The monoisotopic (exact) mass is 449 g/mol. The Morgan fingerprint density at radius 3 is 2.37 bits per heavy atom. The second-order valence-electron chi connectivity index (χ2n) is 6.49. The molecule has 0 aliphatic carbocycles. The van der Waals surface area contributed by atoms with E-state index in [0.717, 1.165) is 10.6 Å². The molecule has 1 atom stereocenters. The first-order valence-corrected chi connectivity index (χ1v) is 11.5. The van der Waals surface area contributed by atoms with Crippen LogP contribution in [0.5, 0.6) is 0 Å². The van der Waals surface area contributed by atoms with Crippen molar-refractivity contribution in [2.45, 2.75) is 19.4 Å². The number of nitrogens with one attached hydrogen (secondary N) is 2. The average molecular weight is 450 g/mol. The van der Waals surface area contributed by atoms with Gasteiger partial charge in [-0.1, -0.05) is 36.7 Å². The number of benzene rings is 2. The minimum atomic E-state index is -3.78. The van der Waals surface area contributed by atoms with E-state index in [9.17, 15) is 18.0 Å². The minimum Gasteiger partial charge on any atom is -0.349 e. The van der Waals surface area contributed by atoms with Gasteiger partial charge in [-0.2, -0.15) is 0 Å². The van der Waals surface area contributed by atoms with Crippen molar-refractivity contribution in [3.63, 3.8) is 0 Å². The Morgan fingerprint density at radius 1 is 1.17 bits per heavy atom. The number of hydrogen-bond donors (Lipinski definition) is 2. The molecular weight excluding hydrogens is 426 g/mol. The molecule has 2 aromatic rings. The van der Waals surface area contributed by atoms with Crippen LogP contribution in [0.25, 0.3) is 0 Å². The third kappa shape index (κ3) is 5.84. The summed E-state index contributed by atoms with van der Waals surface area (Å²) in [6.45, 7) is 5.54. The fraction of sp³-hybridized carbons (Fsp3) is 0.238. The molecule has 0 saturated carbocycles. The number of nitrogens with zero attached hydrogens (tertiary/aromatic N) is 1. The van der Waals surface area contributed by atoms with Crippen molar-refractivity contribution in [1.82, 2.24) is 5.32 Å². The molecule has 2 aromatic carbocycles. The molecule has 0 bridgehead atoms. The Morgan fingerprint density at radius 2 is 1.80 bits per heavy atom. The van der Waals surface area contributed by atoms with Crippen molar-refractivity contribution in [3.05, 3.63) is 71.8 Å². The molecule has 30 heavy (non-hydrogen) atoms. The molecule has 2 N–H and O–H groups in total. The van der Waals surface area contributed by atoms with Gasteiger partial charge in [0.15, 0.2) is 0 Å². The van der Waals surface area contributed by atoms with Crippen LogP contribution >= 0.6 is 11.6 Å².